The summed E-state index contributed by atoms with van der Waals surface area (Å²) in [5.41, 5.74) is 2.71. The zero-order valence-corrected chi connectivity index (χ0v) is 19.1. The number of carbonyl (C=O) groups excluding carboxylic acids is 1. The lowest BCUT2D eigenvalue weighted by molar-refractivity contribution is -0.116. The molecular formula is C21H25BrN4O2S. The minimum Gasteiger partial charge on any atom is -0.493 e. The maximum atomic E-state index is 13.0. The van der Waals surface area contributed by atoms with Gasteiger partial charge in [-0.25, -0.2) is 4.68 Å². The molecule has 0 radical (unpaired) electrons. The molecule has 0 saturated heterocycles. The van der Waals surface area contributed by atoms with Crippen LogP contribution >= 0.6 is 27.7 Å². The Balaban J connectivity index is 1.85. The van der Waals surface area contributed by atoms with Gasteiger partial charge in [0.25, 0.3) is 0 Å². The van der Waals surface area contributed by atoms with Crippen molar-refractivity contribution in [1.82, 2.24) is 14.8 Å². The number of carbonyl (C=O) groups is 1. The Morgan fingerprint density at radius 1 is 1.34 bits per heavy atom. The number of aromatic nitrogens is 3. The normalized spacial score (nSPS) is 18.3. The molecule has 154 valence electrons. The second-order valence-corrected chi connectivity index (χ2v) is 9.32. The van der Waals surface area contributed by atoms with E-state index in [0.29, 0.717) is 19.0 Å². The van der Waals surface area contributed by atoms with Crippen molar-refractivity contribution in [2.75, 3.05) is 17.7 Å². The Hall–Kier alpha value is -1.80. The maximum Gasteiger partial charge on any atom is 0.227 e. The van der Waals surface area contributed by atoms with Crippen molar-refractivity contribution in [3.05, 3.63) is 39.5 Å². The van der Waals surface area contributed by atoms with Crippen LogP contribution in [0.3, 0.4) is 0 Å². The molecule has 4 rings (SSSR count). The second-order valence-electron chi connectivity index (χ2n) is 7.18. The van der Waals surface area contributed by atoms with E-state index in [-0.39, 0.29) is 11.8 Å². The first-order chi connectivity index (χ1) is 14.1. The minimum absolute atomic E-state index is 0.175. The highest BCUT2D eigenvalue weighted by atomic mass is 79.9. The first-order valence-corrected chi connectivity index (χ1v) is 11.9. The molecule has 1 aliphatic heterocycles. The van der Waals surface area contributed by atoms with Gasteiger partial charge in [0.05, 0.1) is 6.61 Å². The lowest BCUT2D eigenvalue weighted by Crippen LogP contribution is -2.31. The Labute approximate surface area is 183 Å². The van der Waals surface area contributed by atoms with Gasteiger partial charge in [0, 0.05) is 27.7 Å². The summed E-state index contributed by atoms with van der Waals surface area (Å²) < 4.78 is 8.93. The van der Waals surface area contributed by atoms with Crippen LogP contribution in [-0.4, -0.2) is 32.9 Å². The van der Waals surface area contributed by atoms with Crippen LogP contribution in [0.1, 0.15) is 57.6 Å². The molecule has 1 aromatic heterocycles. The number of unbranched alkanes of at least 4 members (excludes halogenated alkanes) is 1. The summed E-state index contributed by atoms with van der Waals surface area (Å²) in [5, 5.41) is 8.83. The zero-order chi connectivity index (χ0) is 20.4. The molecule has 1 unspecified atom stereocenters. The number of rotatable bonds is 7. The molecule has 1 aliphatic carbocycles. The van der Waals surface area contributed by atoms with Crippen LogP contribution in [0.5, 0.6) is 5.75 Å². The molecular weight excluding hydrogens is 452 g/mol. The number of thioether (sulfide) groups is 1. The third-order valence-electron chi connectivity index (χ3n) is 5.14. The van der Waals surface area contributed by atoms with Crippen molar-refractivity contribution in [2.45, 2.75) is 57.1 Å². The Kier molecular flexibility index (Phi) is 6.29. The summed E-state index contributed by atoms with van der Waals surface area (Å²) in [5.74, 6) is 2.56. The summed E-state index contributed by atoms with van der Waals surface area (Å²) in [7, 11) is 0. The van der Waals surface area contributed by atoms with Crippen LogP contribution in [0.15, 0.2) is 39.1 Å². The monoisotopic (exact) mass is 476 g/mol. The molecule has 0 bridgehead atoms. The first-order valence-electron chi connectivity index (χ1n) is 10.2. The van der Waals surface area contributed by atoms with Crippen LogP contribution in [0.25, 0.3) is 0 Å². The largest absolute Gasteiger partial charge is 0.493 e. The molecule has 1 N–H and O–H groups in total. The number of ether oxygens (including phenoxy) is 1. The number of benzene rings is 1. The molecule has 29 heavy (non-hydrogen) atoms. The molecule has 8 heteroatoms. The van der Waals surface area contributed by atoms with Crippen LogP contribution in [-0.2, 0) is 4.79 Å². The molecule has 1 atom stereocenters. The van der Waals surface area contributed by atoms with E-state index >= 15 is 0 Å². The fraction of sp³-hybridized carbons (Fsp3) is 0.476. The van der Waals surface area contributed by atoms with E-state index < -0.39 is 0 Å². The van der Waals surface area contributed by atoms with Gasteiger partial charge >= 0.3 is 0 Å². The molecule has 0 amide bonds. The highest BCUT2D eigenvalue weighted by Crippen LogP contribution is 2.44. The number of hydrogen-bond acceptors (Lipinski definition) is 6. The Morgan fingerprint density at radius 3 is 3.00 bits per heavy atom. The van der Waals surface area contributed by atoms with Gasteiger partial charge in [0.2, 0.25) is 11.1 Å². The number of hydrogen-bond donors (Lipinski definition) is 1. The lowest BCUT2D eigenvalue weighted by atomic mass is 9.85. The van der Waals surface area contributed by atoms with Gasteiger partial charge < -0.3 is 10.1 Å². The van der Waals surface area contributed by atoms with Gasteiger partial charge in [-0.3, -0.25) is 4.79 Å². The van der Waals surface area contributed by atoms with Crippen molar-refractivity contribution in [2.24, 2.45) is 0 Å². The van der Waals surface area contributed by atoms with Gasteiger partial charge in [-0.05, 0) is 43.2 Å². The van der Waals surface area contributed by atoms with Crippen molar-refractivity contribution in [1.29, 1.82) is 0 Å². The third-order valence-corrected chi connectivity index (χ3v) is 6.36. The number of fused-ring (bicyclic) bond motifs is 1. The number of nitrogens with zero attached hydrogens (tertiary/aromatic N) is 3. The number of Topliss-reactive ketones (excluding diaryl/α,β-unsaturated/α-hetero) is 1. The minimum atomic E-state index is -0.332. The Bertz CT molecular complexity index is 956. The number of allylic oxidation sites excluding steroid dienone is 2. The summed E-state index contributed by atoms with van der Waals surface area (Å²) in [6.07, 6.45) is 4.33. The van der Waals surface area contributed by atoms with Gasteiger partial charge in [-0.2, -0.15) is 4.98 Å². The molecule has 1 aromatic carbocycles. The van der Waals surface area contributed by atoms with E-state index in [0.717, 1.165) is 63.6 Å². The average molecular weight is 477 g/mol. The molecule has 2 aliphatic rings. The summed E-state index contributed by atoms with van der Waals surface area (Å²) in [6, 6.07) is 5.66. The van der Waals surface area contributed by atoms with Gasteiger partial charge in [-0.1, -0.05) is 48.0 Å². The van der Waals surface area contributed by atoms with Gasteiger partial charge in [-0.15, -0.1) is 5.10 Å². The van der Waals surface area contributed by atoms with Crippen molar-refractivity contribution < 1.29 is 9.53 Å². The third kappa shape index (κ3) is 4.10. The number of ketones is 1. The molecule has 0 saturated carbocycles. The van der Waals surface area contributed by atoms with Crippen LogP contribution in [0.2, 0.25) is 0 Å². The molecule has 6 nitrogen and oxygen atoms in total. The van der Waals surface area contributed by atoms with Gasteiger partial charge in [0.1, 0.15) is 11.8 Å². The molecule has 0 spiro atoms. The fourth-order valence-corrected chi connectivity index (χ4v) is 4.74. The maximum absolute atomic E-state index is 13.0. The number of anilines is 1. The van der Waals surface area contributed by atoms with E-state index in [1.807, 2.05) is 22.9 Å². The number of nitrogens with one attached hydrogen (secondary N) is 1. The average Bonchev–Trinajstić information content (AvgIpc) is 3.10. The van der Waals surface area contributed by atoms with Crippen LogP contribution in [0, 0.1) is 0 Å². The Morgan fingerprint density at radius 2 is 2.21 bits per heavy atom. The van der Waals surface area contributed by atoms with Crippen molar-refractivity contribution in [3.63, 3.8) is 0 Å². The second kappa shape index (κ2) is 8.92. The van der Waals surface area contributed by atoms with Crippen molar-refractivity contribution >= 4 is 39.4 Å². The predicted octanol–water partition coefficient (Wildman–Crippen LogP) is 5.35. The number of halogens is 1. The topological polar surface area (TPSA) is 69.0 Å². The van der Waals surface area contributed by atoms with Gasteiger partial charge in [0.15, 0.2) is 5.78 Å². The van der Waals surface area contributed by atoms with E-state index in [1.165, 1.54) is 0 Å². The van der Waals surface area contributed by atoms with E-state index in [1.54, 1.807) is 11.8 Å². The van der Waals surface area contributed by atoms with E-state index in [4.69, 9.17) is 9.84 Å². The zero-order valence-electron chi connectivity index (χ0n) is 16.7. The van der Waals surface area contributed by atoms with E-state index in [9.17, 15) is 4.79 Å². The summed E-state index contributed by atoms with van der Waals surface area (Å²) in [6.45, 7) is 4.87. The quantitative estimate of drug-likeness (QED) is 0.428. The molecule has 2 aromatic rings. The highest BCUT2D eigenvalue weighted by molar-refractivity contribution is 9.10. The smallest absolute Gasteiger partial charge is 0.227 e. The van der Waals surface area contributed by atoms with Crippen LogP contribution < -0.4 is 10.1 Å². The van der Waals surface area contributed by atoms with E-state index in [2.05, 4.69) is 40.1 Å². The molecule has 2 heterocycles. The summed E-state index contributed by atoms with van der Waals surface area (Å²) in [4.78, 5) is 17.7. The highest BCUT2D eigenvalue weighted by Gasteiger charge is 2.38. The standard InChI is InChI=1S/C21H25BrN4O2S/c1-3-5-11-28-17-10-9-13(22)12-14(17)19-18-15(7-6-8-16(18)27)23-20-24-21(29-4-2)25-26(19)20/h9-10,12,19H,3-8,11H2,1-2H3,(H,23,24,25). The van der Waals surface area contributed by atoms with Crippen LogP contribution in [0.4, 0.5) is 5.95 Å². The molecule has 0 fully saturated rings. The van der Waals surface area contributed by atoms with Crippen molar-refractivity contribution in [3.8, 4) is 5.75 Å². The lowest BCUT2D eigenvalue weighted by Gasteiger charge is -2.33. The summed E-state index contributed by atoms with van der Waals surface area (Å²) >= 11 is 5.19. The SMILES string of the molecule is CCCCOc1ccc(Br)cc1C1C2=C(CCCC2=O)Nc2nc(SCC)nn21. The first kappa shape index (κ1) is 20.5. The fourth-order valence-electron chi connectivity index (χ4n) is 3.81. The predicted molar refractivity (Wildman–Crippen MR) is 119 cm³/mol.